The molecule has 2 rings (SSSR count). The smallest absolute Gasteiger partial charge is 0.182 e. The second-order valence-electron chi connectivity index (χ2n) is 7.54. The number of nitrogen functional groups attached to an aromatic ring is 1. The van der Waals surface area contributed by atoms with Gasteiger partial charge in [-0.25, -0.2) is 4.68 Å². The lowest BCUT2D eigenvalue weighted by molar-refractivity contribution is 0.197. The number of aromatic nitrogens is 4. The van der Waals surface area contributed by atoms with Gasteiger partial charge in [-0.1, -0.05) is 26.8 Å². The quantitative estimate of drug-likeness (QED) is 0.878. The summed E-state index contributed by atoms with van der Waals surface area (Å²) in [6, 6.07) is 5.83. The second kappa shape index (κ2) is 5.13. The van der Waals surface area contributed by atoms with Gasteiger partial charge < -0.3 is 5.73 Å². The number of anilines is 1. The molecule has 0 unspecified atom stereocenters. The van der Waals surface area contributed by atoms with Crippen LogP contribution < -0.4 is 5.73 Å². The van der Waals surface area contributed by atoms with Gasteiger partial charge in [0.1, 0.15) is 0 Å². The summed E-state index contributed by atoms with van der Waals surface area (Å²) >= 11 is 0. The van der Waals surface area contributed by atoms with Crippen LogP contribution in [0, 0.1) is 12.3 Å². The summed E-state index contributed by atoms with van der Waals surface area (Å²) in [5.41, 5.74) is 8.76. The van der Waals surface area contributed by atoms with Gasteiger partial charge in [0, 0.05) is 11.3 Å². The normalized spacial score (nSPS) is 12.7. The molecule has 114 valence electrons. The van der Waals surface area contributed by atoms with Gasteiger partial charge in [0.15, 0.2) is 5.82 Å². The van der Waals surface area contributed by atoms with Crippen LogP contribution >= 0.6 is 0 Å². The van der Waals surface area contributed by atoms with Crippen molar-refractivity contribution in [2.24, 2.45) is 5.41 Å². The zero-order chi connectivity index (χ0) is 15.8. The minimum absolute atomic E-state index is 0.172. The lowest BCUT2D eigenvalue weighted by Gasteiger charge is -2.33. The fourth-order valence-corrected chi connectivity index (χ4v) is 3.02. The molecule has 0 radical (unpaired) electrons. The Morgan fingerprint density at radius 2 is 1.81 bits per heavy atom. The number of hydrogen-bond donors (Lipinski definition) is 1. The van der Waals surface area contributed by atoms with Crippen LogP contribution in [0.25, 0.3) is 11.4 Å². The first-order chi connectivity index (χ1) is 9.60. The molecule has 0 saturated heterocycles. The van der Waals surface area contributed by atoms with E-state index in [-0.39, 0.29) is 11.0 Å². The number of aryl methyl sites for hydroxylation is 1. The lowest BCUT2D eigenvalue weighted by Crippen LogP contribution is -2.33. The van der Waals surface area contributed by atoms with Crippen molar-refractivity contribution in [1.82, 2.24) is 20.2 Å². The van der Waals surface area contributed by atoms with Crippen LogP contribution in [0.2, 0.25) is 0 Å². The van der Waals surface area contributed by atoms with E-state index in [0.717, 1.165) is 29.1 Å². The Labute approximate surface area is 126 Å². The minimum Gasteiger partial charge on any atom is -0.399 e. The molecule has 0 spiro atoms. The number of hydrogen-bond acceptors (Lipinski definition) is 4. The molecule has 5 heteroatoms. The molecule has 1 aromatic carbocycles. The predicted octanol–water partition coefficient (Wildman–Crippen LogP) is 3.40. The summed E-state index contributed by atoms with van der Waals surface area (Å²) in [6.45, 7) is 13.1. The van der Waals surface area contributed by atoms with Crippen LogP contribution in [0.5, 0.6) is 0 Å². The average molecular weight is 287 g/mol. The van der Waals surface area contributed by atoms with E-state index in [0.29, 0.717) is 0 Å². The van der Waals surface area contributed by atoms with Crippen LogP contribution in [-0.4, -0.2) is 20.2 Å². The molecule has 2 N–H and O–H groups in total. The van der Waals surface area contributed by atoms with E-state index < -0.39 is 0 Å². The van der Waals surface area contributed by atoms with Crippen molar-refractivity contribution in [2.45, 2.75) is 53.5 Å². The molecular formula is C16H25N5. The van der Waals surface area contributed by atoms with Gasteiger partial charge in [0.05, 0.1) is 5.54 Å². The van der Waals surface area contributed by atoms with E-state index >= 15 is 0 Å². The summed E-state index contributed by atoms with van der Waals surface area (Å²) in [6.07, 6.45) is 0.972. The number of rotatable bonds is 3. The number of benzene rings is 1. The molecule has 0 aliphatic rings. The summed E-state index contributed by atoms with van der Waals surface area (Å²) in [5, 5.41) is 12.4. The van der Waals surface area contributed by atoms with Gasteiger partial charge in [0.25, 0.3) is 0 Å². The fourth-order valence-electron chi connectivity index (χ4n) is 3.02. The molecule has 2 aromatic rings. The summed E-state index contributed by atoms with van der Waals surface area (Å²) < 4.78 is 1.92. The molecule has 0 bridgehead atoms. The third kappa shape index (κ3) is 3.40. The molecule has 5 nitrogen and oxygen atoms in total. The molecular weight excluding hydrogens is 262 g/mol. The average Bonchev–Trinajstić information content (AvgIpc) is 2.79. The van der Waals surface area contributed by atoms with Gasteiger partial charge in [-0.2, -0.15) is 0 Å². The molecule has 0 saturated carbocycles. The molecule has 1 aromatic heterocycles. The van der Waals surface area contributed by atoms with E-state index in [9.17, 15) is 0 Å². The maximum atomic E-state index is 5.92. The van der Waals surface area contributed by atoms with E-state index in [2.05, 4.69) is 50.1 Å². The Kier molecular flexibility index (Phi) is 3.78. The first kappa shape index (κ1) is 15.5. The first-order valence-electron chi connectivity index (χ1n) is 7.25. The highest BCUT2D eigenvalue weighted by Crippen LogP contribution is 2.34. The lowest BCUT2D eigenvalue weighted by atomic mass is 9.81. The van der Waals surface area contributed by atoms with E-state index in [4.69, 9.17) is 5.73 Å². The standard InChI is InChI=1S/C16H25N5/c1-11-7-8-12(17)9-13(11)14-18-19-20-21(14)16(5,6)10-15(2,3)4/h7-9H,10,17H2,1-6H3. The molecule has 0 fully saturated rings. The Hall–Kier alpha value is -1.91. The van der Waals surface area contributed by atoms with Gasteiger partial charge in [0.2, 0.25) is 0 Å². The minimum atomic E-state index is -0.172. The zero-order valence-electron chi connectivity index (χ0n) is 13.8. The molecule has 0 atom stereocenters. The predicted molar refractivity (Wildman–Crippen MR) is 85.8 cm³/mol. The van der Waals surface area contributed by atoms with Crippen molar-refractivity contribution in [3.8, 4) is 11.4 Å². The van der Waals surface area contributed by atoms with Crippen LogP contribution in [0.15, 0.2) is 18.2 Å². The molecule has 0 amide bonds. The second-order valence-corrected chi connectivity index (χ2v) is 7.54. The highest BCUT2D eigenvalue weighted by Gasteiger charge is 2.31. The highest BCUT2D eigenvalue weighted by molar-refractivity contribution is 5.65. The highest BCUT2D eigenvalue weighted by atomic mass is 15.6. The van der Waals surface area contributed by atoms with Gasteiger partial charge >= 0.3 is 0 Å². The number of nitrogens with zero attached hydrogens (tertiary/aromatic N) is 4. The number of tetrazole rings is 1. The molecule has 0 aliphatic carbocycles. The summed E-state index contributed by atoms with van der Waals surface area (Å²) in [5.74, 6) is 0.772. The SMILES string of the molecule is Cc1ccc(N)cc1-c1nnnn1C(C)(C)CC(C)(C)C. The molecule has 0 aliphatic heterocycles. The van der Waals surface area contributed by atoms with Gasteiger partial charge in [-0.15, -0.1) is 5.10 Å². The largest absolute Gasteiger partial charge is 0.399 e. The Morgan fingerprint density at radius 3 is 2.43 bits per heavy atom. The van der Waals surface area contributed by atoms with Crippen LogP contribution in [0.1, 0.15) is 46.6 Å². The van der Waals surface area contributed by atoms with Crippen LogP contribution in [0.4, 0.5) is 5.69 Å². The summed E-state index contributed by atoms with van der Waals surface area (Å²) in [7, 11) is 0. The number of nitrogens with two attached hydrogens (primary N) is 1. The maximum absolute atomic E-state index is 5.92. The van der Waals surface area contributed by atoms with Crippen molar-refractivity contribution >= 4 is 5.69 Å². The third-order valence-electron chi connectivity index (χ3n) is 3.51. The van der Waals surface area contributed by atoms with E-state index in [1.807, 2.05) is 29.8 Å². The van der Waals surface area contributed by atoms with Crippen molar-refractivity contribution in [2.75, 3.05) is 5.73 Å². The fraction of sp³-hybridized carbons (Fsp3) is 0.562. The van der Waals surface area contributed by atoms with Gasteiger partial charge in [-0.3, -0.25) is 0 Å². The molecule has 1 heterocycles. The van der Waals surface area contributed by atoms with Crippen LogP contribution in [0.3, 0.4) is 0 Å². The third-order valence-corrected chi connectivity index (χ3v) is 3.51. The Bertz CT molecular complexity index is 634. The van der Waals surface area contributed by atoms with Crippen molar-refractivity contribution in [1.29, 1.82) is 0 Å². The van der Waals surface area contributed by atoms with Crippen molar-refractivity contribution in [3.05, 3.63) is 23.8 Å². The first-order valence-corrected chi connectivity index (χ1v) is 7.25. The topological polar surface area (TPSA) is 69.6 Å². The Morgan fingerprint density at radius 1 is 1.14 bits per heavy atom. The maximum Gasteiger partial charge on any atom is 0.182 e. The molecule has 21 heavy (non-hydrogen) atoms. The Balaban J connectivity index is 2.50. The van der Waals surface area contributed by atoms with Crippen LogP contribution in [-0.2, 0) is 5.54 Å². The van der Waals surface area contributed by atoms with Crippen molar-refractivity contribution < 1.29 is 0 Å². The van der Waals surface area contributed by atoms with E-state index in [1.54, 1.807) is 0 Å². The summed E-state index contributed by atoms with van der Waals surface area (Å²) in [4.78, 5) is 0. The van der Waals surface area contributed by atoms with Gasteiger partial charge in [-0.05, 0) is 60.7 Å². The van der Waals surface area contributed by atoms with Crippen molar-refractivity contribution in [3.63, 3.8) is 0 Å². The monoisotopic (exact) mass is 287 g/mol. The zero-order valence-corrected chi connectivity index (χ0v) is 13.8. The van der Waals surface area contributed by atoms with E-state index in [1.165, 1.54) is 0 Å².